The molecule has 0 aliphatic carbocycles. The fraction of sp³-hybridized carbons (Fsp3) is 0.875. The lowest BCUT2D eigenvalue weighted by atomic mass is 10.1. The third-order valence-corrected chi connectivity index (χ3v) is 2.50. The second-order valence-corrected chi connectivity index (χ2v) is 3.18. The summed E-state index contributed by atoms with van der Waals surface area (Å²) in [7, 11) is 0. The summed E-state index contributed by atoms with van der Waals surface area (Å²) in [6, 6.07) is 0.787. The van der Waals surface area contributed by atoms with E-state index >= 15 is 0 Å². The van der Waals surface area contributed by atoms with Crippen LogP contribution < -0.4 is 0 Å². The van der Waals surface area contributed by atoms with Crippen LogP contribution in [0.5, 0.6) is 0 Å². The van der Waals surface area contributed by atoms with Gasteiger partial charge in [0.25, 0.3) is 0 Å². The van der Waals surface area contributed by atoms with Crippen molar-refractivity contribution in [2.75, 3.05) is 6.54 Å². The van der Waals surface area contributed by atoms with Crippen LogP contribution in [0.4, 0.5) is 0 Å². The molecule has 1 saturated heterocycles. The molecule has 2 heteroatoms. The summed E-state index contributed by atoms with van der Waals surface area (Å²) >= 11 is 0. The minimum atomic E-state index is 0.787. The molecule has 1 atom stereocenters. The van der Waals surface area contributed by atoms with Crippen LogP contribution in [0.25, 0.3) is 0 Å². The lowest BCUT2D eigenvalue weighted by Gasteiger charge is -2.11. The second-order valence-electron chi connectivity index (χ2n) is 3.18. The number of hydrogen-bond acceptors (Lipinski definition) is 2. The van der Waals surface area contributed by atoms with Crippen LogP contribution in [-0.2, 0) is 0 Å². The first-order chi connectivity index (χ1) is 4.90. The predicted octanol–water partition coefficient (Wildman–Crippen LogP) is 1.62. The minimum absolute atomic E-state index is 0.787. The normalized spacial score (nSPS) is 30.7. The van der Waals surface area contributed by atoms with Gasteiger partial charge in [0, 0.05) is 18.7 Å². The molecule has 0 amide bonds. The van der Waals surface area contributed by atoms with Gasteiger partial charge in [-0.3, -0.25) is 5.01 Å². The zero-order valence-corrected chi connectivity index (χ0v) is 6.51. The van der Waals surface area contributed by atoms with Crippen molar-refractivity contribution >= 4 is 5.71 Å². The predicted molar refractivity (Wildman–Crippen MR) is 42.1 cm³/mol. The van der Waals surface area contributed by atoms with E-state index in [0.29, 0.717) is 0 Å². The zero-order valence-electron chi connectivity index (χ0n) is 6.51. The van der Waals surface area contributed by atoms with Crippen molar-refractivity contribution in [1.29, 1.82) is 0 Å². The Bertz CT molecular complexity index is 163. The third-order valence-electron chi connectivity index (χ3n) is 2.50. The summed E-state index contributed by atoms with van der Waals surface area (Å²) in [5.74, 6) is 0. The van der Waals surface area contributed by atoms with Gasteiger partial charge < -0.3 is 0 Å². The van der Waals surface area contributed by atoms with Gasteiger partial charge in [-0.25, -0.2) is 0 Å². The molecule has 1 fully saturated rings. The molecule has 0 aromatic rings. The first kappa shape index (κ1) is 6.20. The first-order valence-corrected chi connectivity index (χ1v) is 4.23. The Kier molecular flexibility index (Phi) is 1.40. The Hall–Kier alpha value is -0.530. The summed E-state index contributed by atoms with van der Waals surface area (Å²) in [6.07, 6.45) is 5.11. The molecule has 0 radical (unpaired) electrons. The Morgan fingerprint density at radius 2 is 2.60 bits per heavy atom. The lowest BCUT2D eigenvalue weighted by Crippen LogP contribution is -2.17. The summed E-state index contributed by atoms with van der Waals surface area (Å²) in [6.45, 7) is 3.40. The minimum Gasteiger partial charge on any atom is -0.294 e. The third kappa shape index (κ3) is 0.825. The second kappa shape index (κ2) is 2.26. The van der Waals surface area contributed by atoms with Gasteiger partial charge in [0.15, 0.2) is 0 Å². The molecule has 0 saturated carbocycles. The van der Waals surface area contributed by atoms with Gasteiger partial charge in [0.1, 0.15) is 0 Å². The average molecular weight is 138 g/mol. The molecule has 2 heterocycles. The van der Waals surface area contributed by atoms with Crippen LogP contribution in [0.1, 0.15) is 32.6 Å². The zero-order chi connectivity index (χ0) is 6.97. The molecule has 1 unspecified atom stereocenters. The highest BCUT2D eigenvalue weighted by Gasteiger charge is 2.29. The average Bonchev–Trinajstić information content (AvgIpc) is 2.42. The number of hydrogen-bond donors (Lipinski definition) is 0. The van der Waals surface area contributed by atoms with Crippen LogP contribution in [0, 0.1) is 0 Å². The highest BCUT2D eigenvalue weighted by atomic mass is 15.5. The Labute approximate surface area is 61.9 Å². The van der Waals surface area contributed by atoms with E-state index in [9.17, 15) is 0 Å². The van der Waals surface area contributed by atoms with E-state index in [-0.39, 0.29) is 0 Å². The molecule has 56 valence electrons. The van der Waals surface area contributed by atoms with Gasteiger partial charge in [0.2, 0.25) is 0 Å². The largest absolute Gasteiger partial charge is 0.294 e. The number of nitrogens with zero attached hydrogens (tertiary/aromatic N) is 2. The molecular formula is C8H14N2. The quantitative estimate of drug-likeness (QED) is 0.537. The van der Waals surface area contributed by atoms with Crippen molar-refractivity contribution in [3.8, 4) is 0 Å². The van der Waals surface area contributed by atoms with Crippen LogP contribution in [-0.4, -0.2) is 23.3 Å². The van der Waals surface area contributed by atoms with Gasteiger partial charge in [-0.1, -0.05) is 6.92 Å². The standard InChI is InChI=1S/C8H14N2/c1-2-7-6-8-4-3-5-10(8)9-7/h8H,2-6H2,1H3. The van der Waals surface area contributed by atoms with Crippen LogP contribution in [0.3, 0.4) is 0 Å². The van der Waals surface area contributed by atoms with Gasteiger partial charge in [-0.2, -0.15) is 5.10 Å². The first-order valence-electron chi connectivity index (χ1n) is 4.23. The van der Waals surface area contributed by atoms with E-state index in [0.717, 1.165) is 12.5 Å². The molecule has 0 spiro atoms. The van der Waals surface area contributed by atoms with E-state index in [1.54, 1.807) is 0 Å². The van der Waals surface area contributed by atoms with Crippen molar-refractivity contribution in [2.24, 2.45) is 5.10 Å². The van der Waals surface area contributed by atoms with E-state index in [4.69, 9.17) is 0 Å². The number of rotatable bonds is 1. The van der Waals surface area contributed by atoms with E-state index in [2.05, 4.69) is 17.0 Å². The molecule has 2 nitrogen and oxygen atoms in total. The summed E-state index contributed by atoms with van der Waals surface area (Å²) in [5, 5.41) is 6.80. The fourth-order valence-corrected chi connectivity index (χ4v) is 1.87. The Balaban J connectivity index is 2.06. The van der Waals surface area contributed by atoms with Crippen molar-refractivity contribution < 1.29 is 0 Å². The monoisotopic (exact) mass is 138 g/mol. The van der Waals surface area contributed by atoms with E-state index in [1.807, 2.05) is 0 Å². The molecule has 0 bridgehead atoms. The Morgan fingerprint density at radius 3 is 3.30 bits per heavy atom. The summed E-state index contributed by atoms with van der Waals surface area (Å²) < 4.78 is 0. The number of hydrazone groups is 1. The molecular weight excluding hydrogens is 124 g/mol. The topological polar surface area (TPSA) is 15.6 Å². The molecule has 2 rings (SSSR count). The van der Waals surface area contributed by atoms with E-state index in [1.165, 1.54) is 31.5 Å². The van der Waals surface area contributed by atoms with Crippen molar-refractivity contribution in [1.82, 2.24) is 5.01 Å². The number of fused-ring (bicyclic) bond motifs is 1. The van der Waals surface area contributed by atoms with Gasteiger partial charge >= 0.3 is 0 Å². The fourth-order valence-electron chi connectivity index (χ4n) is 1.87. The maximum atomic E-state index is 4.52. The summed E-state index contributed by atoms with van der Waals surface area (Å²) in [4.78, 5) is 0. The van der Waals surface area contributed by atoms with Gasteiger partial charge in [-0.15, -0.1) is 0 Å². The van der Waals surface area contributed by atoms with Gasteiger partial charge in [-0.05, 0) is 19.3 Å². The van der Waals surface area contributed by atoms with Gasteiger partial charge in [0.05, 0.1) is 6.04 Å². The van der Waals surface area contributed by atoms with Crippen LogP contribution >= 0.6 is 0 Å². The molecule has 0 aromatic carbocycles. The Morgan fingerprint density at radius 1 is 1.70 bits per heavy atom. The highest BCUT2D eigenvalue weighted by molar-refractivity contribution is 5.85. The maximum absolute atomic E-state index is 4.52. The molecule has 0 aromatic heterocycles. The smallest absolute Gasteiger partial charge is 0.0524 e. The van der Waals surface area contributed by atoms with Crippen molar-refractivity contribution in [3.63, 3.8) is 0 Å². The molecule has 10 heavy (non-hydrogen) atoms. The molecule has 0 N–H and O–H groups in total. The molecule has 2 aliphatic rings. The van der Waals surface area contributed by atoms with Crippen LogP contribution in [0.15, 0.2) is 5.10 Å². The van der Waals surface area contributed by atoms with Crippen molar-refractivity contribution in [2.45, 2.75) is 38.6 Å². The summed E-state index contributed by atoms with van der Waals surface area (Å²) in [5.41, 5.74) is 1.41. The van der Waals surface area contributed by atoms with Crippen LogP contribution in [0.2, 0.25) is 0 Å². The van der Waals surface area contributed by atoms with E-state index < -0.39 is 0 Å². The lowest BCUT2D eigenvalue weighted by molar-refractivity contribution is 0.298. The molecule has 2 aliphatic heterocycles. The SMILES string of the molecule is CCC1=NN2CCCC2C1. The maximum Gasteiger partial charge on any atom is 0.0524 e. The highest BCUT2D eigenvalue weighted by Crippen LogP contribution is 2.26. The van der Waals surface area contributed by atoms with Crippen molar-refractivity contribution in [3.05, 3.63) is 0 Å².